The minimum Gasteiger partial charge on any atom is -0.494 e. The Kier molecular flexibility index (Phi) is 8.02. The molecule has 1 aromatic rings. The van der Waals surface area contributed by atoms with Gasteiger partial charge in [-0.25, -0.2) is 0 Å². The Bertz CT molecular complexity index is 600. The molecule has 0 aromatic heterocycles. The van der Waals surface area contributed by atoms with Crippen LogP contribution in [0, 0.1) is 11.8 Å². The van der Waals surface area contributed by atoms with Gasteiger partial charge in [-0.3, -0.25) is 4.79 Å². The molecule has 1 aliphatic heterocycles. The van der Waals surface area contributed by atoms with E-state index in [4.69, 9.17) is 4.74 Å². The van der Waals surface area contributed by atoms with Gasteiger partial charge in [-0.05, 0) is 36.8 Å². The van der Waals surface area contributed by atoms with Crippen LogP contribution in [0.4, 0.5) is 8.78 Å². The Hall–Kier alpha value is -1.69. The van der Waals surface area contributed by atoms with Gasteiger partial charge in [0.2, 0.25) is 5.91 Å². The summed E-state index contributed by atoms with van der Waals surface area (Å²) in [7, 11) is 0. The lowest BCUT2D eigenvalue weighted by Gasteiger charge is -2.35. The molecule has 2 atom stereocenters. The second kappa shape index (κ2) is 10.0. The first-order valence-electron chi connectivity index (χ1n) is 9.91. The first kappa shape index (κ1) is 21.6. The lowest BCUT2D eigenvalue weighted by Crippen LogP contribution is -2.47. The van der Waals surface area contributed by atoms with E-state index in [1.54, 1.807) is 17.0 Å². The second-order valence-corrected chi connectivity index (χ2v) is 7.78. The van der Waals surface area contributed by atoms with Crippen molar-refractivity contribution in [3.8, 4) is 5.75 Å². The fraction of sp³-hybridized carbons (Fsp3) is 0.667. The van der Waals surface area contributed by atoms with Crippen molar-refractivity contribution in [2.75, 3.05) is 32.8 Å². The maximum Gasteiger partial charge on any atom is 0.285 e. The van der Waals surface area contributed by atoms with Crippen molar-refractivity contribution in [1.29, 1.82) is 0 Å². The molecule has 1 aromatic carbocycles. The van der Waals surface area contributed by atoms with Crippen LogP contribution < -0.4 is 10.1 Å². The van der Waals surface area contributed by atoms with Gasteiger partial charge < -0.3 is 15.0 Å². The lowest BCUT2D eigenvalue weighted by molar-refractivity contribution is -0.133. The predicted octanol–water partition coefficient (Wildman–Crippen LogP) is 4.05. The molecule has 0 bridgehead atoms. The number of piperidine rings is 1. The van der Waals surface area contributed by atoms with Crippen molar-refractivity contribution >= 4 is 5.91 Å². The van der Waals surface area contributed by atoms with Crippen LogP contribution in [0.2, 0.25) is 0 Å². The molecule has 1 amide bonds. The lowest BCUT2D eigenvalue weighted by atomic mass is 9.92. The van der Waals surface area contributed by atoms with Gasteiger partial charge in [-0.2, -0.15) is 8.78 Å². The summed E-state index contributed by atoms with van der Waals surface area (Å²) < 4.78 is 34.5. The summed E-state index contributed by atoms with van der Waals surface area (Å²) in [5.74, 6) is -1.81. The van der Waals surface area contributed by atoms with Crippen LogP contribution in [-0.2, 0) is 10.7 Å². The Morgan fingerprint density at radius 3 is 2.67 bits per heavy atom. The van der Waals surface area contributed by atoms with Crippen LogP contribution in [0.5, 0.6) is 5.75 Å². The molecule has 0 aliphatic carbocycles. The SMILES string of the molecule is CCCCOc1cccc(C(F)(F)CNCC(=O)N2C[C@H](C)C[C@H](C)C2)c1. The molecule has 4 nitrogen and oxygen atoms in total. The molecule has 27 heavy (non-hydrogen) atoms. The van der Waals surface area contributed by atoms with Gasteiger partial charge >= 0.3 is 0 Å². The highest BCUT2D eigenvalue weighted by atomic mass is 19.3. The molecule has 0 unspecified atom stereocenters. The molecule has 1 saturated heterocycles. The van der Waals surface area contributed by atoms with Gasteiger partial charge in [-0.1, -0.05) is 39.3 Å². The van der Waals surface area contributed by atoms with Gasteiger partial charge in [0.05, 0.1) is 19.7 Å². The van der Waals surface area contributed by atoms with E-state index >= 15 is 0 Å². The molecule has 0 radical (unpaired) electrons. The Balaban J connectivity index is 1.85. The number of nitrogens with zero attached hydrogens (tertiary/aromatic N) is 1. The normalized spacial score (nSPS) is 20.6. The number of unbranched alkanes of at least 4 members (excludes halogenated alkanes) is 1. The molecule has 6 heteroatoms. The van der Waals surface area contributed by atoms with E-state index in [1.807, 2.05) is 6.92 Å². The average molecular weight is 382 g/mol. The predicted molar refractivity (Wildman–Crippen MR) is 103 cm³/mol. The van der Waals surface area contributed by atoms with Crippen LogP contribution in [-0.4, -0.2) is 43.6 Å². The number of likely N-dealkylation sites (tertiary alicyclic amines) is 1. The third kappa shape index (κ3) is 6.76. The number of halogens is 2. The number of alkyl halides is 2. The van der Waals surface area contributed by atoms with Gasteiger partial charge in [0.15, 0.2) is 0 Å². The van der Waals surface area contributed by atoms with E-state index in [0.717, 1.165) is 19.3 Å². The van der Waals surface area contributed by atoms with E-state index in [1.165, 1.54) is 12.1 Å². The minimum absolute atomic E-state index is 0.0677. The Morgan fingerprint density at radius 2 is 2.00 bits per heavy atom. The molecular weight excluding hydrogens is 350 g/mol. The van der Waals surface area contributed by atoms with E-state index in [0.29, 0.717) is 37.3 Å². The van der Waals surface area contributed by atoms with Crippen LogP contribution in [0.15, 0.2) is 24.3 Å². The second-order valence-electron chi connectivity index (χ2n) is 7.78. The van der Waals surface area contributed by atoms with Crippen molar-refractivity contribution in [2.45, 2.75) is 46.0 Å². The summed E-state index contributed by atoms with van der Waals surface area (Å²) in [6.45, 7) is 7.58. The molecule has 1 N–H and O–H groups in total. The van der Waals surface area contributed by atoms with Crippen molar-refractivity contribution in [2.24, 2.45) is 11.8 Å². The first-order chi connectivity index (χ1) is 12.8. The molecule has 152 valence electrons. The van der Waals surface area contributed by atoms with Gasteiger partial charge in [-0.15, -0.1) is 0 Å². The molecule has 1 aliphatic rings. The van der Waals surface area contributed by atoms with E-state index in [9.17, 15) is 13.6 Å². The van der Waals surface area contributed by atoms with Crippen LogP contribution in [0.1, 0.15) is 45.6 Å². The zero-order chi connectivity index (χ0) is 19.9. The molecule has 1 heterocycles. The van der Waals surface area contributed by atoms with Crippen molar-refractivity contribution in [3.05, 3.63) is 29.8 Å². The third-order valence-corrected chi connectivity index (χ3v) is 4.87. The summed E-state index contributed by atoms with van der Waals surface area (Å²) in [4.78, 5) is 14.1. The number of hydrogen-bond donors (Lipinski definition) is 1. The largest absolute Gasteiger partial charge is 0.494 e. The number of rotatable bonds is 9. The third-order valence-electron chi connectivity index (χ3n) is 4.87. The summed E-state index contributed by atoms with van der Waals surface area (Å²) in [5, 5.41) is 2.64. The summed E-state index contributed by atoms with van der Waals surface area (Å²) in [5.41, 5.74) is -0.100. The highest BCUT2D eigenvalue weighted by Crippen LogP contribution is 2.29. The van der Waals surface area contributed by atoms with Crippen molar-refractivity contribution in [3.63, 3.8) is 0 Å². The number of amides is 1. The molecule has 0 spiro atoms. The van der Waals surface area contributed by atoms with E-state index in [2.05, 4.69) is 19.2 Å². The first-order valence-corrected chi connectivity index (χ1v) is 9.91. The highest BCUT2D eigenvalue weighted by molar-refractivity contribution is 5.78. The van der Waals surface area contributed by atoms with Gasteiger partial charge in [0.25, 0.3) is 5.92 Å². The Labute approximate surface area is 161 Å². The highest BCUT2D eigenvalue weighted by Gasteiger charge is 2.32. The number of nitrogens with one attached hydrogen (secondary N) is 1. The molecule has 2 rings (SSSR count). The average Bonchev–Trinajstić information content (AvgIpc) is 2.61. The van der Waals surface area contributed by atoms with Crippen LogP contribution in [0.25, 0.3) is 0 Å². The molecule has 1 fully saturated rings. The van der Waals surface area contributed by atoms with Gasteiger partial charge in [0.1, 0.15) is 5.75 Å². The quantitative estimate of drug-likeness (QED) is 0.655. The van der Waals surface area contributed by atoms with E-state index in [-0.39, 0.29) is 18.0 Å². The zero-order valence-corrected chi connectivity index (χ0v) is 16.6. The maximum atomic E-state index is 14.5. The van der Waals surface area contributed by atoms with Crippen molar-refractivity contribution in [1.82, 2.24) is 10.2 Å². The standard InChI is InChI=1S/C21H32F2N2O2/c1-4-5-9-27-19-8-6-7-18(11-19)21(22,23)15-24-12-20(26)25-13-16(2)10-17(3)14-25/h6-8,11,16-17,24H,4-5,9-10,12-15H2,1-3H3/t16-,17+. The molecule has 0 saturated carbocycles. The fourth-order valence-electron chi connectivity index (χ4n) is 3.55. The smallest absolute Gasteiger partial charge is 0.285 e. The minimum atomic E-state index is -3.06. The number of ether oxygens (including phenoxy) is 1. The fourth-order valence-corrected chi connectivity index (χ4v) is 3.55. The number of carbonyl (C=O) groups is 1. The van der Waals surface area contributed by atoms with Gasteiger partial charge in [0, 0.05) is 18.7 Å². The Morgan fingerprint density at radius 1 is 1.30 bits per heavy atom. The zero-order valence-electron chi connectivity index (χ0n) is 16.6. The number of benzene rings is 1. The summed E-state index contributed by atoms with van der Waals surface area (Å²) in [6.07, 6.45) is 2.98. The summed E-state index contributed by atoms with van der Waals surface area (Å²) >= 11 is 0. The van der Waals surface area contributed by atoms with E-state index < -0.39 is 12.5 Å². The number of hydrogen-bond acceptors (Lipinski definition) is 3. The molecular formula is C21H32F2N2O2. The van der Waals surface area contributed by atoms with Crippen LogP contribution >= 0.6 is 0 Å². The van der Waals surface area contributed by atoms with Crippen molar-refractivity contribution < 1.29 is 18.3 Å². The summed E-state index contributed by atoms with van der Waals surface area (Å²) in [6, 6.07) is 6.04. The number of carbonyl (C=O) groups excluding carboxylic acids is 1. The van der Waals surface area contributed by atoms with Crippen LogP contribution in [0.3, 0.4) is 0 Å². The maximum absolute atomic E-state index is 14.5. The monoisotopic (exact) mass is 382 g/mol. The topological polar surface area (TPSA) is 41.6 Å².